The molecule has 0 saturated heterocycles. The molecule has 0 aromatic carbocycles. The Morgan fingerprint density at radius 2 is 2.38 bits per heavy atom. The van der Waals surface area contributed by atoms with Crippen molar-refractivity contribution in [1.29, 1.82) is 0 Å². The number of carboxylic acids is 1. The summed E-state index contributed by atoms with van der Waals surface area (Å²) in [7, 11) is 0. The SMILES string of the molecule is Cc1ccncc1C(O)CC(=O)O. The van der Waals surface area contributed by atoms with Crippen molar-refractivity contribution in [3.05, 3.63) is 29.6 Å². The van der Waals surface area contributed by atoms with Crippen LogP contribution in [0.2, 0.25) is 0 Å². The zero-order valence-electron chi connectivity index (χ0n) is 7.27. The lowest BCUT2D eigenvalue weighted by atomic mass is 10.0. The smallest absolute Gasteiger partial charge is 0.306 e. The first-order chi connectivity index (χ1) is 6.11. The molecule has 0 bridgehead atoms. The van der Waals surface area contributed by atoms with Crippen LogP contribution in [-0.4, -0.2) is 21.2 Å². The molecule has 1 unspecified atom stereocenters. The Morgan fingerprint density at radius 1 is 1.69 bits per heavy atom. The minimum absolute atomic E-state index is 0.285. The molecule has 0 fully saturated rings. The molecule has 70 valence electrons. The van der Waals surface area contributed by atoms with Crippen LogP contribution in [-0.2, 0) is 4.79 Å². The molecule has 1 atom stereocenters. The van der Waals surface area contributed by atoms with Crippen LogP contribution in [0.15, 0.2) is 18.5 Å². The van der Waals surface area contributed by atoms with Crippen molar-refractivity contribution in [3.8, 4) is 0 Å². The first-order valence-corrected chi connectivity index (χ1v) is 3.91. The van der Waals surface area contributed by atoms with Gasteiger partial charge in [0.05, 0.1) is 12.5 Å². The quantitative estimate of drug-likeness (QED) is 0.726. The normalized spacial score (nSPS) is 12.5. The van der Waals surface area contributed by atoms with E-state index in [0.29, 0.717) is 5.56 Å². The number of carboxylic acid groups (broad SMARTS) is 1. The van der Waals surface area contributed by atoms with Crippen LogP contribution in [0, 0.1) is 6.92 Å². The molecule has 0 aliphatic rings. The fraction of sp³-hybridized carbons (Fsp3) is 0.333. The average molecular weight is 181 g/mol. The zero-order valence-corrected chi connectivity index (χ0v) is 7.27. The Kier molecular flexibility index (Phi) is 2.97. The Bertz CT molecular complexity index is 311. The standard InChI is InChI=1S/C9H11NO3/c1-6-2-3-10-5-7(6)8(11)4-9(12)13/h2-3,5,8,11H,4H2,1H3,(H,12,13). The molecule has 0 saturated carbocycles. The van der Waals surface area contributed by atoms with Gasteiger partial charge in [-0.2, -0.15) is 0 Å². The monoisotopic (exact) mass is 181 g/mol. The van der Waals surface area contributed by atoms with Gasteiger partial charge in [0.2, 0.25) is 0 Å². The van der Waals surface area contributed by atoms with Gasteiger partial charge in [0.1, 0.15) is 0 Å². The van der Waals surface area contributed by atoms with Crippen LogP contribution in [0.1, 0.15) is 23.7 Å². The number of hydrogen-bond acceptors (Lipinski definition) is 3. The molecule has 0 amide bonds. The van der Waals surface area contributed by atoms with Crippen LogP contribution in [0.25, 0.3) is 0 Å². The number of aliphatic hydroxyl groups excluding tert-OH is 1. The van der Waals surface area contributed by atoms with E-state index in [1.54, 1.807) is 12.3 Å². The number of aliphatic carboxylic acids is 1. The Morgan fingerprint density at radius 3 is 2.92 bits per heavy atom. The number of nitrogens with zero attached hydrogens (tertiary/aromatic N) is 1. The van der Waals surface area contributed by atoms with E-state index in [1.165, 1.54) is 6.20 Å². The predicted octanol–water partition coefficient (Wildman–Crippen LogP) is 0.898. The lowest BCUT2D eigenvalue weighted by molar-refractivity contribution is -0.139. The van der Waals surface area contributed by atoms with E-state index >= 15 is 0 Å². The molecule has 0 spiro atoms. The largest absolute Gasteiger partial charge is 0.481 e. The summed E-state index contributed by atoms with van der Waals surface area (Å²) in [6.45, 7) is 1.81. The maximum Gasteiger partial charge on any atom is 0.306 e. The highest BCUT2D eigenvalue weighted by molar-refractivity contribution is 5.67. The molecule has 1 aromatic rings. The van der Waals surface area contributed by atoms with E-state index < -0.39 is 12.1 Å². The van der Waals surface area contributed by atoms with Gasteiger partial charge in [-0.15, -0.1) is 0 Å². The summed E-state index contributed by atoms with van der Waals surface area (Å²) < 4.78 is 0. The third-order valence-electron chi connectivity index (χ3n) is 1.81. The van der Waals surface area contributed by atoms with Gasteiger partial charge in [-0.05, 0) is 18.6 Å². The molecule has 4 nitrogen and oxygen atoms in total. The molecule has 13 heavy (non-hydrogen) atoms. The van der Waals surface area contributed by atoms with E-state index in [2.05, 4.69) is 4.98 Å². The van der Waals surface area contributed by atoms with Crippen LogP contribution in [0.3, 0.4) is 0 Å². The minimum Gasteiger partial charge on any atom is -0.481 e. The van der Waals surface area contributed by atoms with Crippen molar-refractivity contribution < 1.29 is 15.0 Å². The molecule has 2 N–H and O–H groups in total. The van der Waals surface area contributed by atoms with Gasteiger partial charge < -0.3 is 10.2 Å². The van der Waals surface area contributed by atoms with Gasteiger partial charge >= 0.3 is 5.97 Å². The summed E-state index contributed by atoms with van der Waals surface area (Å²) in [4.78, 5) is 14.1. The van der Waals surface area contributed by atoms with Crippen LogP contribution < -0.4 is 0 Å². The van der Waals surface area contributed by atoms with Crippen molar-refractivity contribution in [3.63, 3.8) is 0 Å². The maximum atomic E-state index is 10.3. The second kappa shape index (κ2) is 4.00. The highest BCUT2D eigenvalue weighted by Crippen LogP contribution is 2.18. The molecule has 1 aromatic heterocycles. The van der Waals surface area contributed by atoms with Crippen molar-refractivity contribution in [2.75, 3.05) is 0 Å². The Balaban J connectivity index is 2.82. The van der Waals surface area contributed by atoms with E-state index in [1.807, 2.05) is 6.92 Å². The topological polar surface area (TPSA) is 70.4 Å². The van der Waals surface area contributed by atoms with Crippen LogP contribution >= 0.6 is 0 Å². The van der Waals surface area contributed by atoms with Crippen molar-refractivity contribution in [2.24, 2.45) is 0 Å². The lowest BCUT2D eigenvalue weighted by Gasteiger charge is -2.09. The lowest BCUT2D eigenvalue weighted by Crippen LogP contribution is -2.07. The summed E-state index contributed by atoms with van der Waals surface area (Å²) in [6, 6.07) is 1.74. The van der Waals surface area contributed by atoms with Gasteiger partial charge in [-0.1, -0.05) is 0 Å². The van der Waals surface area contributed by atoms with Gasteiger partial charge in [0.25, 0.3) is 0 Å². The van der Waals surface area contributed by atoms with Gasteiger partial charge in [0, 0.05) is 18.0 Å². The second-order valence-corrected chi connectivity index (χ2v) is 2.85. The van der Waals surface area contributed by atoms with Crippen molar-refractivity contribution in [1.82, 2.24) is 4.98 Å². The predicted molar refractivity (Wildman–Crippen MR) is 46.2 cm³/mol. The Labute approximate surface area is 75.9 Å². The van der Waals surface area contributed by atoms with Crippen LogP contribution in [0.4, 0.5) is 0 Å². The third kappa shape index (κ3) is 2.52. The van der Waals surface area contributed by atoms with Gasteiger partial charge in [-0.25, -0.2) is 0 Å². The molecule has 0 aliphatic heterocycles. The molecular weight excluding hydrogens is 170 g/mol. The number of aliphatic hydroxyl groups is 1. The van der Waals surface area contributed by atoms with Crippen LogP contribution in [0.5, 0.6) is 0 Å². The molecule has 0 aliphatic carbocycles. The fourth-order valence-corrected chi connectivity index (χ4v) is 1.10. The number of aryl methyl sites for hydroxylation is 1. The number of aromatic nitrogens is 1. The summed E-state index contributed by atoms with van der Waals surface area (Å²) >= 11 is 0. The molecule has 1 heterocycles. The highest BCUT2D eigenvalue weighted by Gasteiger charge is 2.13. The van der Waals surface area contributed by atoms with E-state index in [4.69, 9.17) is 5.11 Å². The summed E-state index contributed by atoms with van der Waals surface area (Å²) in [5, 5.41) is 17.9. The molecule has 0 radical (unpaired) electrons. The first-order valence-electron chi connectivity index (χ1n) is 3.91. The summed E-state index contributed by atoms with van der Waals surface area (Å²) in [5.74, 6) is -1.02. The number of carbonyl (C=O) groups is 1. The maximum absolute atomic E-state index is 10.3. The van der Waals surface area contributed by atoms with Gasteiger partial charge in [-0.3, -0.25) is 9.78 Å². The summed E-state index contributed by atoms with van der Waals surface area (Å²) in [6.07, 6.45) is 1.84. The minimum atomic E-state index is -1.02. The second-order valence-electron chi connectivity index (χ2n) is 2.85. The average Bonchev–Trinajstić information content (AvgIpc) is 2.03. The molecule has 1 rings (SSSR count). The molecular formula is C9H11NO3. The zero-order chi connectivity index (χ0) is 9.84. The number of pyridine rings is 1. The fourth-order valence-electron chi connectivity index (χ4n) is 1.10. The van der Waals surface area contributed by atoms with Crippen molar-refractivity contribution in [2.45, 2.75) is 19.4 Å². The molecule has 4 heteroatoms. The van der Waals surface area contributed by atoms with Gasteiger partial charge in [0.15, 0.2) is 0 Å². The summed E-state index contributed by atoms with van der Waals surface area (Å²) in [5.41, 5.74) is 1.42. The third-order valence-corrected chi connectivity index (χ3v) is 1.81. The number of rotatable bonds is 3. The number of hydrogen-bond donors (Lipinski definition) is 2. The van der Waals surface area contributed by atoms with E-state index in [-0.39, 0.29) is 6.42 Å². The first kappa shape index (κ1) is 9.67. The Hall–Kier alpha value is -1.42. The highest BCUT2D eigenvalue weighted by atomic mass is 16.4. The van der Waals surface area contributed by atoms with E-state index in [0.717, 1.165) is 5.56 Å². The van der Waals surface area contributed by atoms with E-state index in [9.17, 15) is 9.90 Å². The van der Waals surface area contributed by atoms with Crippen molar-refractivity contribution >= 4 is 5.97 Å².